The van der Waals surface area contributed by atoms with E-state index in [4.69, 9.17) is 18.3 Å². The van der Waals surface area contributed by atoms with Crippen molar-refractivity contribution in [3.05, 3.63) is 67.0 Å². The van der Waals surface area contributed by atoms with Crippen molar-refractivity contribution in [1.29, 1.82) is 0 Å². The number of hydrogen-bond acceptors (Lipinski definition) is 9. The van der Waals surface area contributed by atoms with Crippen LogP contribution in [0.4, 0.5) is 0 Å². The summed E-state index contributed by atoms with van der Waals surface area (Å²) in [4.78, 5) is 0. The van der Waals surface area contributed by atoms with Gasteiger partial charge in [0, 0.05) is 6.54 Å². The lowest BCUT2D eigenvalue weighted by molar-refractivity contribution is 0.0821. The molecule has 0 N–H and O–H groups in total. The number of ether oxygens (including phenoxy) is 2. The number of aromatic nitrogens is 5. The Morgan fingerprint density at radius 2 is 2.00 bits per heavy atom. The van der Waals surface area contributed by atoms with Gasteiger partial charge < -0.3 is 18.3 Å². The summed E-state index contributed by atoms with van der Waals surface area (Å²) in [5, 5.41) is 17.4. The van der Waals surface area contributed by atoms with Crippen LogP contribution >= 0.6 is 11.8 Å². The van der Waals surface area contributed by atoms with Crippen LogP contribution < -0.4 is 9.47 Å². The minimum atomic E-state index is -0.365. The van der Waals surface area contributed by atoms with Crippen molar-refractivity contribution in [2.75, 3.05) is 6.61 Å². The van der Waals surface area contributed by atoms with Crippen LogP contribution in [-0.4, -0.2) is 31.6 Å². The number of nitrogens with zero attached hydrogens (tertiary/aromatic N) is 5. The Hall–Kier alpha value is -3.53. The minimum Gasteiger partial charge on any atom is -0.485 e. The van der Waals surface area contributed by atoms with E-state index in [1.54, 1.807) is 24.5 Å². The fraction of sp³-hybridized carbons (Fsp3) is 0.200. The molecule has 3 aromatic heterocycles. The second-order valence-corrected chi connectivity index (χ2v) is 7.31. The monoisotopic (exact) mass is 423 g/mol. The molecule has 1 aliphatic rings. The number of furan rings is 1. The van der Waals surface area contributed by atoms with E-state index >= 15 is 0 Å². The Morgan fingerprint density at radius 1 is 1.10 bits per heavy atom. The van der Waals surface area contributed by atoms with Crippen LogP contribution in [0.3, 0.4) is 0 Å². The highest BCUT2D eigenvalue weighted by atomic mass is 32.2. The van der Waals surface area contributed by atoms with Crippen molar-refractivity contribution < 1.29 is 18.3 Å². The van der Waals surface area contributed by atoms with Gasteiger partial charge in [0.2, 0.25) is 5.89 Å². The first-order chi connectivity index (χ1) is 14.8. The summed E-state index contributed by atoms with van der Waals surface area (Å²) in [7, 11) is 0. The lowest BCUT2D eigenvalue weighted by atomic mass is 10.2. The number of rotatable bonds is 7. The first-order valence-electron chi connectivity index (χ1n) is 9.23. The molecule has 10 heteroatoms. The number of allylic oxidation sites excluding steroid dienone is 1. The SMILES string of the molecule is C=CCn1c(SCc2nnc(-c3ccco3)o2)nnc1C1COc2ccccc2O1. The minimum absolute atomic E-state index is 0.343. The Labute approximate surface area is 175 Å². The highest BCUT2D eigenvalue weighted by molar-refractivity contribution is 7.98. The van der Waals surface area contributed by atoms with Gasteiger partial charge in [0.05, 0.1) is 12.0 Å². The van der Waals surface area contributed by atoms with Gasteiger partial charge in [-0.2, -0.15) is 0 Å². The van der Waals surface area contributed by atoms with Gasteiger partial charge in [0.25, 0.3) is 5.89 Å². The molecule has 1 aliphatic heterocycles. The van der Waals surface area contributed by atoms with Crippen LogP contribution in [0.1, 0.15) is 17.8 Å². The lowest BCUT2D eigenvalue weighted by Gasteiger charge is -2.26. The molecule has 5 rings (SSSR count). The topological polar surface area (TPSA) is 101 Å². The number of benzene rings is 1. The number of thioether (sulfide) groups is 1. The van der Waals surface area contributed by atoms with E-state index in [9.17, 15) is 0 Å². The Balaban J connectivity index is 1.33. The molecular weight excluding hydrogens is 406 g/mol. The van der Waals surface area contributed by atoms with Crippen LogP contribution in [0.25, 0.3) is 11.7 Å². The maximum absolute atomic E-state index is 6.08. The molecule has 0 bridgehead atoms. The highest BCUT2D eigenvalue weighted by Crippen LogP contribution is 2.36. The summed E-state index contributed by atoms with van der Waals surface area (Å²) in [5.74, 6) is 3.87. The van der Waals surface area contributed by atoms with Gasteiger partial charge >= 0.3 is 0 Å². The molecule has 1 aromatic carbocycles. The third-order valence-corrected chi connectivity index (χ3v) is 5.33. The molecule has 0 spiro atoms. The zero-order valence-electron chi connectivity index (χ0n) is 15.8. The van der Waals surface area contributed by atoms with Gasteiger partial charge in [-0.25, -0.2) is 0 Å². The van der Waals surface area contributed by atoms with Crippen LogP contribution in [0, 0.1) is 0 Å². The van der Waals surface area contributed by atoms with Crippen LogP contribution in [0.15, 0.2) is 69.3 Å². The van der Waals surface area contributed by atoms with E-state index in [1.807, 2.05) is 28.8 Å². The van der Waals surface area contributed by atoms with E-state index in [1.165, 1.54) is 11.8 Å². The zero-order chi connectivity index (χ0) is 20.3. The Morgan fingerprint density at radius 3 is 2.83 bits per heavy atom. The average molecular weight is 423 g/mol. The van der Waals surface area contributed by atoms with Gasteiger partial charge in [-0.1, -0.05) is 30.0 Å². The molecular formula is C20H17N5O4S. The molecule has 30 heavy (non-hydrogen) atoms. The van der Waals surface area contributed by atoms with Crippen molar-refractivity contribution in [3.63, 3.8) is 0 Å². The average Bonchev–Trinajstić information content (AvgIpc) is 3.53. The van der Waals surface area contributed by atoms with E-state index in [0.29, 0.717) is 53.2 Å². The summed E-state index contributed by atoms with van der Waals surface area (Å²) < 4.78 is 24.8. The predicted molar refractivity (Wildman–Crippen MR) is 107 cm³/mol. The summed E-state index contributed by atoms with van der Waals surface area (Å²) >= 11 is 1.44. The van der Waals surface area contributed by atoms with Gasteiger partial charge in [0.15, 0.2) is 34.3 Å². The molecule has 4 heterocycles. The highest BCUT2D eigenvalue weighted by Gasteiger charge is 2.28. The summed E-state index contributed by atoms with van der Waals surface area (Å²) in [5.41, 5.74) is 0. The molecule has 1 atom stereocenters. The number of hydrogen-bond donors (Lipinski definition) is 0. The molecule has 0 saturated carbocycles. The fourth-order valence-corrected chi connectivity index (χ4v) is 3.82. The largest absolute Gasteiger partial charge is 0.485 e. The second kappa shape index (κ2) is 8.07. The summed E-state index contributed by atoms with van der Waals surface area (Å²) in [6.07, 6.45) is 2.98. The first-order valence-corrected chi connectivity index (χ1v) is 10.2. The molecule has 0 amide bonds. The van der Waals surface area contributed by atoms with Gasteiger partial charge in [-0.15, -0.1) is 27.0 Å². The molecule has 4 aromatic rings. The van der Waals surface area contributed by atoms with Crippen molar-refractivity contribution in [3.8, 4) is 23.1 Å². The normalized spacial score (nSPS) is 15.3. The van der Waals surface area contributed by atoms with E-state index in [0.717, 1.165) is 5.75 Å². The zero-order valence-corrected chi connectivity index (χ0v) is 16.6. The number of para-hydroxylation sites is 2. The van der Waals surface area contributed by atoms with Gasteiger partial charge in [-0.05, 0) is 24.3 Å². The van der Waals surface area contributed by atoms with Crippen molar-refractivity contribution in [1.82, 2.24) is 25.0 Å². The Kier molecular flexibility index (Phi) is 4.98. The second-order valence-electron chi connectivity index (χ2n) is 6.37. The van der Waals surface area contributed by atoms with Crippen LogP contribution in [0.5, 0.6) is 11.5 Å². The molecule has 0 saturated heterocycles. The van der Waals surface area contributed by atoms with E-state index in [-0.39, 0.29) is 6.10 Å². The third kappa shape index (κ3) is 3.57. The molecule has 0 radical (unpaired) electrons. The van der Waals surface area contributed by atoms with Crippen molar-refractivity contribution in [2.45, 2.75) is 23.6 Å². The van der Waals surface area contributed by atoms with Crippen LogP contribution in [0.2, 0.25) is 0 Å². The maximum Gasteiger partial charge on any atom is 0.283 e. The number of fused-ring (bicyclic) bond motifs is 1. The van der Waals surface area contributed by atoms with Gasteiger partial charge in [0.1, 0.15) is 6.61 Å². The fourth-order valence-electron chi connectivity index (χ4n) is 3.03. The molecule has 9 nitrogen and oxygen atoms in total. The molecule has 0 fully saturated rings. The van der Waals surface area contributed by atoms with Gasteiger partial charge in [-0.3, -0.25) is 4.57 Å². The lowest BCUT2D eigenvalue weighted by Crippen LogP contribution is -2.25. The van der Waals surface area contributed by atoms with Crippen LogP contribution in [-0.2, 0) is 12.3 Å². The van der Waals surface area contributed by atoms with Crippen molar-refractivity contribution in [2.24, 2.45) is 0 Å². The molecule has 152 valence electrons. The smallest absolute Gasteiger partial charge is 0.283 e. The predicted octanol–water partition coefficient (Wildman–Crippen LogP) is 3.91. The Bertz CT molecular complexity index is 1150. The first kappa shape index (κ1) is 18.5. The van der Waals surface area contributed by atoms with E-state index in [2.05, 4.69) is 27.0 Å². The maximum atomic E-state index is 6.08. The standard InChI is InChI=1S/C20H17N5O4S/c1-2-9-25-18(16-11-27-13-6-3-4-7-14(13)28-16)22-24-20(25)30-12-17-21-23-19(29-17)15-8-5-10-26-15/h2-8,10,16H,1,9,11-12H2. The molecule has 0 aliphatic carbocycles. The van der Waals surface area contributed by atoms with E-state index < -0.39 is 0 Å². The summed E-state index contributed by atoms with van der Waals surface area (Å²) in [6.45, 7) is 4.73. The third-order valence-electron chi connectivity index (χ3n) is 4.38. The summed E-state index contributed by atoms with van der Waals surface area (Å²) in [6, 6.07) is 11.1. The molecule has 1 unspecified atom stereocenters. The quantitative estimate of drug-likeness (QED) is 0.323. The van der Waals surface area contributed by atoms with Crippen molar-refractivity contribution >= 4 is 11.8 Å².